The fraction of sp³-hybridized carbons (Fsp3) is 0.172. The number of benzene rings is 3. The van der Waals surface area contributed by atoms with Gasteiger partial charge in [-0.05, 0) is 66.4 Å². The number of phenols is 1. The van der Waals surface area contributed by atoms with Crippen molar-refractivity contribution in [1.29, 1.82) is 0 Å². The third kappa shape index (κ3) is 4.13. The monoisotopic (exact) mass is 483 g/mol. The summed E-state index contributed by atoms with van der Waals surface area (Å²) in [4.78, 5) is 15.3. The highest BCUT2D eigenvalue weighted by Crippen LogP contribution is 2.46. The highest BCUT2D eigenvalue weighted by atomic mass is 19.1. The molecular weight excluding hydrogens is 457 g/mol. The number of H-pyrrole nitrogens is 1. The van der Waals surface area contributed by atoms with Crippen LogP contribution in [-0.4, -0.2) is 32.7 Å². The van der Waals surface area contributed by atoms with Crippen LogP contribution < -0.4 is 4.74 Å². The molecule has 6 nitrogen and oxygen atoms in total. The number of nitrogens with one attached hydrogen (secondary N) is 1. The topological polar surface area (TPSA) is 78.5 Å². The van der Waals surface area contributed by atoms with E-state index < -0.39 is 6.04 Å². The minimum absolute atomic E-state index is 0.131. The average Bonchev–Trinajstić information content (AvgIpc) is 3.41. The summed E-state index contributed by atoms with van der Waals surface area (Å²) >= 11 is 0. The molecule has 182 valence electrons. The molecule has 36 heavy (non-hydrogen) atoms. The predicted octanol–water partition coefficient (Wildman–Crippen LogP) is 5.85. The van der Waals surface area contributed by atoms with E-state index in [2.05, 4.69) is 16.8 Å². The maximum absolute atomic E-state index is 13.6. The molecule has 1 amide bonds. The molecule has 1 unspecified atom stereocenters. The number of ether oxygens (including phenoxy) is 1. The Kier molecular flexibility index (Phi) is 6.06. The van der Waals surface area contributed by atoms with Crippen molar-refractivity contribution in [2.24, 2.45) is 0 Å². The molecule has 0 aliphatic carbocycles. The number of aryl methyl sites for hydroxylation is 2. The highest BCUT2D eigenvalue weighted by Gasteiger charge is 2.42. The van der Waals surface area contributed by atoms with Crippen molar-refractivity contribution in [3.8, 4) is 22.8 Å². The number of nitrogens with zero attached hydrogens (tertiary/aromatic N) is 2. The maximum Gasteiger partial charge on any atom is 0.273 e. The smallest absolute Gasteiger partial charge is 0.273 e. The summed E-state index contributed by atoms with van der Waals surface area (Å²) in [5.41, 5.74) is 5.54. The molecule has 0 saturated carbocycles. The SMILES string of the molecule is C=CCOc1ccc(C2c3c(-c4cc(C)cc(C)c4O)n[nH]c3C(=O)N2Cc2ccc(F)cc2)cc1. The van der Waals surface area contributed by atoms with E-state index >= 15 is 0 Å². The lowest BCUT2D eigenvalue weighted by Crippen LogP contribution is -2.29. The standard InChI is InChI=1S/C29H26FN3O3/c1-4-13-36-22-11-7-20(8-12-22)27-24-25(23-15-17(2)14-18(3)28(23)34)31-32-26(24)29(35)33(27)16-19-5-9-21(30)10-6-19/h4-12,14-15,27,34H,1,13,16H2,2-3H3,(H,31,32). The summed E-state index contributed by atoms with van der Waals surface area (Å²) in [6.45, 7) is 8.13. The summed E-state index contributed by atoms with van der Waals surface area (Å²) in [6, 6.07) is 17.0. The van der Waals surface area contributed by atoms with Gasteiger partial charge in [0.1, 0.15) is 35.3 Å². The maximum atomic E-state index is 13.6. The zero-order valence-electron chi connectivity index (χ0n) is 20.1. The Hall–Kier alpha value is -4.39. The number of fused-ring (bicyclic) bond motifs is 1. The number of halogens is 1. The van der Waals surface area contributed by atoms with Gasteiger partial charge in [0.15, 0.2) is 0 Å². The van der Waals surface area contributed by atoms with Gasteiger partial charge in [-0.2, -0.15) is 5.10 Å². The third-order valence-electron chi connectivity index (χ3n) is 6.39. The Bertz CT molecular complexity index is 1440. The van der Waals surface area contributed by atoms with Crippen molar-refractivity contribution < 1.29 is 19.0 Å². The molecule has 0 fully saturated rings. The zero-order chi connectivity index (χ0) is 25.4. The summed E-state index contributed by atoms with van der Waals surface area (Å²) in [5, 5.41) is 18.3. The number of carbonyl (C=O) groups is 1. The lowest BCUT2D eigenvalue weighted by molar-refractivity contribution is 0.0730. The second-order valence-corrected chi connectivity index (χ2v) is 8.97. The Morgan fingerprint density at radius 3 is 2.56 bits per heavy atom. The average molecular weight is 484 g/mol. The second-order valence-electron chi connectivity index (χ2n) is 8.97. The number of rotatable bonds is 7. The molecule has 2 N–H and O–H groups in total. The zero-order valence-corrected chi connectivity index (χ0v) is 20.1. The molecule has 7 heteroatoms. The van der Waals surface area contributed by atoms with Crippen molar-refractivity contribution in [2.45, 2.75) is 26.4 Å². The van der Waals surface area contributed by atoms with Crippen LogP contribution in [0.3, 0.4) is 0 Å². The Balaban J connectivity index is 1.63. The van der Waals surface area contributed by atoms with Gasteiger partial charge in [-0.3, -0.25) is 9.89 Å². The molecular formula is C29H26FN3O3. The molecule has 0 bridgehead atoms. The van der Waals surface area contributed by atoms with Gasteiger partial charge >= 0.3 is 0 Å². The van der Waals surface area contributed by atoms with Crippen LogP contribution in [0.4, 0.5) is 4.39 Å². The lowest BCUT2D eigenvalue weighted by Gasteiger charge is -2.27. The minimum atomic E-state index is -0.472. The first-order valence-corrected chi connectivity index (χ1v) is 11.6. The van der Waals surface area contributed by atoms with E-state index in [0.29, 0.717) is 34.9 Å². The fourth-order valence-corrected chi connectivity index (χ4v) is 4.74. The number of amides is 1. The largest absolute Gasteiger partial charge is 0.507 e. The molecule has 1 aliphatic heterocycles. The Morgan fingerprint density at radius 2 is 1.86 bits per heavy atom. The van der Waals surface area contributed by atoms with Crippen LogP contribution in [-0.2, 0) is 6.54 Å². The molecule has 4 aromatic rings. The second kappa shape index (κ2) is 9.34. The van der Waals surface area contributed by atoms with Crippen molar-refractivity contribution in [2.75, 3.05) is 6.61 Å². The fourth-order valence-electron chi connectivity index (χ4n) is 4.74. The molecule has 0 spiro atoms. The molecule has 3 aromatic carbocycles. The van der Waals surface area contributed by atoms with Gasteiger partial charge in [0.2, 0.25) is 0 Å². The third-order valence-corrected chi connectivity index (χ3v) is 6.39. The van der Waals surface area contributed by atoms with Crippen molar-refractivity contribution >= 4 is 5.91 Å². The molecule has 1 aliphatic rings. The molecule has 0 radical (unpaired) electrons. The molecule has 1 aromatic heterocycles. The van der Waals surface area contributed by atoms with Crippen LogP contribution in [0.2, 0.25) is 0 Å². The van der Waals surface area contributed by atoms with Crippen molar-refractivity contribution in [1.82, 2.24) is 15.1 Å². The van der Waals surface area contributed by atoms with Crippen LogP contribution in [0.15, 0.2) is 73.3 Å². The Labute approximate surface area is 208 Å². The first-order valence-electron chi connectivity index (χ1n) is 11.6. The van der Waals surface area contributed by atoms with Gasteiger partial charge in [0.05, 0.1) is 6.04 Å². The molecule has 2 heterocycles. The highest BCUT2D eigenvalue weighted by molar-refractivity contribution is 6.00. The van der Waals surface area contributed by atoms with Crippen LogP contribution in [0, 0.1) is 19.7 Å². The Morgan fingerprint density at radius 1 is 1.14 bits per heavy atom. The number of aromatic nitrogens is 2. The van der Waals surface area contributed by atoms with E-state index in [1.807, 2.05) is 50.2 Å². The van der Waals surface area contributed by atoms with Crippen LogP contribution in [0.25, 0.3) is 11.3 Å². The van der Waals surface area contributed by atoms with E-state index in [1.165, 1.54) is 12.1 Å². The first kappa shape index (κ1) is 23.4. The van der Waals surface area contributed by atoms with E-state index in [0.717, 1.165) is 22.3 Å². The number of carbonyl (C=O) groups excluding carboxylic acids is 1. The summed E-state index contributed by atoms with van der Waals surface area (Å²) in [5.74, 6) is 0.271. The molecule has 0 saturated heterocycles. The number of aromatic hydroxyl groups is 1. The number of hydrogen-bond donors (Lipinski definition) is 2. The minimum Gasteiger partial charge on any atom is -0.507 e. The van der Waals surface area contributed by atoms with Gasteiger partial charge in [0.25, 0.3) is 5.91 Å². The summed E-state index contributed by atoms with van der Waals surface area (Å²) in [6.07, 6.45) is 1.67. The van der Waals surface area contributed by atoms with Crippen molar-refractivity contribution in [3.05, 3.63) is 113 Å². The van der Waals surface area contributed by atoms with E-state index in [4.69, 9.17) is 4.74 Å². The van der Waals surface area contributed by atoms with E-state index in [-0.39, 0.29) is 24.0 Å². The van der Waals surface area contributed by atoms with Gasteiger partial charge in [-0.15, -0.1) is 0 Å². The first-order chi connectivity index (χ1) is 17.4. The lowest BCUT2D eigenvalue weighted by atomic mass is 9.94. The predicted molar refractivity (Wildman–Crippen MR) is 135 cm³/mol. The van der Waals surface area contributed by atoms with E-state index in [1.54, 1.807) is 23.1 Å². The van der Waals surface area contributed by atoms with Crippen LogP contribution >= 0.6 is 0 Å². The number of aromatic amines is 1. The van der Waals surface area contributed by atoms with Crippen molar-refractivity contribution in [3.63, 3.8) is 0 Å². The van der Waals surface area contributed by atoms with Gasteiger partial charge in [-0.25, -0.2) is 4.39 Å². The molecule has 1 atom stereocenters. The summed E-state index contributed by atoms with van der Waals surface area (Å²) in [7, 11) is 0. The van der Waals surface area contributed by atoms with Crippen LogP contribution in [0.1, 0.15) is 44.3 Å². The van der Waals surface area contributed by atoms with Crippen LogP contribution in [0.5, 0.6) is 11.5 Å². The van der Waals surface area contributed by atoms with Gasteiger partial charge in [0, 0.05) is 17.7 Å². The van der Waals surface area contributed by atoms with E-state index in [9.17, 15) is 14.3 Å². The quantitative estimate of drug-likeness (QED) is 0.323. The number of phenolic OH excluding ortho intramolecular Hbond substituents is 1. The van der Waals surface area contributed by atoms with Gasteiger partial charge in [-0.1, -0.05) is 43.0 Å². The number of hydrogen-bond acceptors (Lipinski definition) is 4. The summed E-state index contributed by atoms with van der Waals surface area (Å²) < 4.78 is 19.1. The normalized spacial score (nSPS) is 14.7. The van der Waals surface area contributed by atoms with Gasteiger partial charge < -0.3 is 14.7 Å². The molecule has 5 rings (SSSR count).